The van der Waals surface area contributed by atoms with Crippen molar-refractivity contribution in [3.8, 4) is 22.9 Å². The van der Waals surface area contributed by atoms with Crippen molar-refractivity contribution in [3.63, 3.8) is 0 Å². The fraction of sp³-hybridized carbons (Fsp3) is 0.360. The molecule has 1 heterocycles. The van der Waals surface area contributed by atoms with Gasteiger partial charge in [0.05, 0.1) is 35.9 Å². The molecule has 1 atom stereocenters. The number of nitrogens with zero attached hydrogens (tertiary/aromatic N) is 2. The van der Waals surface area contributed by atoms with E-state index in [1.54, 1.807) is 51.3 Å². The lowest BCUT2D eigenvalue weighted by molar-refractivity contribution is -0.0130. The van der Waals surface area contributed by atoms with Crippen molar-refractivity contribution in [2.24, 2.45) is 0 Å². The number of methoxy groups -OCH3 is 1. The van der Waals surface area contributed by atoms with Gasteiger partial charge >= 0.3 is 11.7 Å². The minimum absolute atomic E-state index is 0.0410. The molecule has 0 bridgehead atoms. The highest BCUT2D eigenvalue weighted by Crippen LogP contribution is 2.34. The predicted molar refractivity (Wildman–Crippen MR) is 142 cm³/mol. The normalized spacial score (nSPS) is 11.9. The Labute approximate surface area is 226 Å². The van der Waals surface area contributed by atoms with Crippen LogP contribution >= 0.6 is 27.5 Å². The molecule has 0 aliphatic carbocycles. The molecule has 0 spiro atoms. The summed E-state index contributed by atoms with van der Waals surface area (Å²) in [5.74, 6) is 0.755. The van der Waals surface area contributed by atoms with Gasteiger partial charge in [-0.2, -0.15) is 9.78 Å². The molecule has 198 valence electrons. The number of rotatable bonds is 10. The number of carbonyl (C=O) groups excluding carboxylic acids is 1. The molecule has 0 aliphatic heterocycles. The van der Waals surface area contributed by atoms with E-state index in [0.29, 0.717) is 34.1 Å². The number of hydrogen-bond acceptors (Lipinski definition) is 8. The summed E-state index contributed by atoms with van der Waals surface area (Å²) in [6, 6.07) is 8.62. The van der Waals surface area contributed by atoms with Crippen molar-refractivity contribution >= 4 is 33.5 Å². The Hall–Kier alpha value is -3.15. The number of aromatic amines is 1. The number of esters is 1. The third kappa shape index (κ3) is 7.00. The number of alkyl halides is 1. The fourth-order valence-corrected chi connectivity index (χ4v) is 4.04. The van der Waals surface area contributed by atoms with Gasteiger partial charge in [-0.1, -0.05) is 0 Å². The molecule has 1 unspecified atom stereocenters. The molecule has 10 nitrogen and oxygen atoms in total. The second-order valence-electron chi connectivity index (χ2n) is 8.39. The molecule has 3 rings (SSSR count). The molecule has 0 aliphatic rings. The number of hydrogen-bond donors (Lipinski definition) is 1. The molecule has 1 N–H and O–H groups in total. The molecule has 37 heavy (non-hydrogen) atoms. The van der Waals surface area contributed by atoms with Crippen molar-refractivity contribution in [3.05, 3.63) is 72.5 Å². The highest BCUT2D eigenvalue weighted by atomic mass is 79.9. The van der Waals surface area contributed by atoms with Crippen LogP contribution in [0.25, 0.3) is 5.69 Å². The van der Waals surface area contributed by atoms with Crippen molar-refractivity contribution < 1.29 is 23.7 Å². The monoisotopic (exact) mass is 595 g/mol. The molecule has 0 radical (unpaired) electrons. The van der Waals surface area contributed by atoms with Crippen molar-refractivity contribution in [1.82, 2.24) is 14.8 Å². The Bertz CT molecular complexity index is 1380. The van der Waals surface area contributed by atoms with Crippen LogP contribution < -0.4 is 20.7 Å². The van der Waals surface area contributed by atoms with Gasteiger partial charge in [0.15, 0.2) is 0 Å². The molecule has 2 aromatic carbocycles. The summed E-state index contributed by atoms with van der Waals surface area (Å²) in [6.45, 7) is 7.30. The molecule has 1 aromatic heterocycles. The maximum atomic E-state index is 12.7. The largest absolute Gasteiger partial charge is 0.496 e. The number of ether oxygens (including phenoxy) is 4. The van der Waals surface area contributed by atoms with Crippen molar-refractivity contribution in [2.75, 3.05) is 19.6 Å². The average molecular weight is 597 g/mol. The number of H-pyrrole nitrogens is 1. The van der Waals surface area contributed by atoms with Crippen LogP contribution in [0.3, 0.4) is 0 Å². The van der Waals surface area contributed by atoms with Crippen LogP contribution in [0.2, 0.25) is 0 Å². The van der Waals surface area contributed by atoms with Gasteiger partial charge in [0.2, 0.25) is 5.69 Å². The maximum Gasteiger partial charge on any atom is 0.365 e. The molecule has 12 heteroatoms. The Balaban J connectivity index is 1.92. The van der Waals surface area contributed by atoms with Gasteiger partial charge in [0.25, 0.3) is 5.56 Å². The van der Waals surface area contributed by atoms with E-state index >= 15 is 0 Å². The van der Waals surface area contributed by atoms with E-state index < -0.39 is 29.0 Å². The molecule has 0 amide bonds. The number of carbonyl (C=O) groups is 1. The number of halogens is 2. The zero-order valence-electron chi connectivity index (χ0n) is 21.0. The smallest absolute Gasteiger partial charge is 0.365 e. The molecule has 3 aromatic rings. The summed E-state index contributed by atoms with van der Waals surface area (Å²) in [7, 11) is 1.57. The lowest BCUT2D eigenvalue weighted by atomic mass is 10.1. The Morgan fingerprint density at radius 3 is 2.41 bits per heavy atom. The molecule has 0 fully saturated rings. The minimum atomic E-state index is -1.02. The summed E-state index contributed by atoms with van der Waals surface area (Å²) in [5.41, 5.74) is -0.658. The van der Waals surface area contributed by atoms with Crippen LogP contribution in [0.15, 0.2) is 44.4 Å². The Kier molecular flexibility index (Phi) is 9.52. The van der Waals surface area contributed by atoms with Crippen molar-refractivity contribution in [1.29, 1.82) is 0 Å². The van der Waals surface area contributed by atoms with Gasteiger partial charge in [0.1, 0.15) is 23.4 Å². The second kappa shape index (κ2) is 12.4. The Morgan fingerprint density at radius 1 is 1.16 bits per heavy atom. The van der Waals surface area contributed by atoms with Gasteiger partial charge < -0.3 is 18.9 Å². The van der Waals surface area contributed by atoms with Crippen LogP contribution in [-0.2, 0) is 9.47 Å². The standard InChI is InChI=1S/C25H27BrClN3O7/c1-13(2)35-12-18(11-27)37-24(32)21-23(31)28-25(33)30(29-21)16-8-14(3)22(15(4)9-16)36-17-6-7-20(34-5)19(26)10-17/h6-10,13,18H,11-12H2,1-5H3,(H,28,31,33). The maximum absolute atomic E-state index is 12.7. The third-order valence-corrected chi connectivity index (χ3v) is 6.08. The van der Waals surface area contributed by atoms with E-state index in [-0.39, 0.29) is 18.6 Å². The van der Waals surface area contributed by atoms with Crippen LogP contribution in [-0.4, -0.2) is 52.5 Å². The topological polar surface area (TPSA) is 122 Å². The number of nitrogens with one attached hydrogen (secondary N) is 1. The summed E-state index contributed by atoms with van der Waals surface area (Å²) >= 11 is 9.30. The van der Waals surface area contributed by atoms with E-state index in [0.717, 1.165) is 9.15 Å². The van der Waals surface area contributed by atoms with Gasteiger partial charge in [-0.15, -0.1) is 11.6 Å². The molecule has 0 saturated carbocycles. The summed E-state index contributed by atoms with van der Waals surface area (Å²) in [6.07, 6.45) is -0.894. The van der Waals surface area contributed by atoms with Gasteiger partial charge in [0, 0.05) is 0 Å². The zero-order valence-corrected chi connectivity index (χ0v) is 23.3. The van der Waals surface area contributed by atoms with Gasteiger partial charge in [-0.3, -0.25) is 9.78 Å². The first-order valence-electron chi connectivity index (χ1n) is 11.3. The predicted octanol–water partition coefficient (Wildman–Crippen LogP) is 4.29. The highest BCUT2D eigenvalue weighted by Gasteiger charge is 2.22. The molecule has 0 saturated heterocycles. The van der Waals surface area contributed by atoms with E-state index in [2.05, 4.69) is 26.0 Å². The number of benzene rings is 2. The second-order valence-corrected chi connectivity index (χ2v) is 9.55. The van der Waals surface area contributed by atoms with E-state index in [4.69, 9.17) is 30.5 Å². The molecular formula is C25H27BrClN3O7. The van der Waals surface area contributed by atoms with Crippen molar-refractivity contribution in [2.45, 2.75) is 39.9 Å². The quantitative estimate of drug-likeness (QED) is 0.272. The summed E-state index contributed by atoms with van der Waals surface area (Å²) in [5, 5.41) is 3.99. The van der Waals surface area contributed by atoms with Gasteiger partial charge in [-0.05, 0) is 85.1 Å². The molecular weight excluding hydrogens is 570 g/mol. The summed E-state index contributed by atoms with van der Waals surface area (Å²) < 4.78 is 23.7. The van der Waals surface area contributed by atoms with E-state index in [9.17, 15) is 14.4 Å². The first-order valence-corrected chi connectivity index (χ1v) is 12.6. The van der Waals surface area contributed by atoms with Crippen LogP contribution in [0.1, 0.15) is 35.5 Å². The first kappa shape index (κ1) is 28.4. The minimum Gasteiger partial charge on any atom is -0.496 e. The SMILES string of the molecule is COc1ccc(Oc2c(C)cc(-n3nc(C(=O)OC(CCl)COC(C)C)c(=O)[nH]c3=O)cc2C)cc1Br. The Morgan fingerprint density at radius 2 is 1.84 bits per heavy atom. The van der Waals surface area contributed by atoms with E-state index in [1.165, 1.54) is 0 Å². The lowest BCUT2D eigenvalue weighted by Gasteiger charge is -2.17. The number of aryl methyl sites for hydroxylation is 2. The number of aromatic nitrogens is 3. The lowest BCUT2D eigenvalue weighted by Crippen LogP contribution is -2.37. The fourth-order valence-electron chi connectivity index (χ4n) is 3.36. The highest BCUT2D eigenvalue weighted by molar-refractivity contribution is 9.10. The van der Waals surface area contributed by atoms with Crippen LogP contribution in [0, 0.1) is 13.8 Å². The third-order valence-electron chi connectivity index (χ3n) is 5.12. The summed E-state index contributed by atoms with van der Waals surface area (Å²) in [4.78, 5) is 39.7. The van der Waals surface area contributed by atoms with Gasteiger partial charge in [-0.25, -0.2) is 9.59 Å². The van der Waals surface area contributed by atoms with E-state index in [1.807, 2.05) is 13.8 Å². The van der Waals surface area contributed by atoms with Crippen LogP contribution in [0.5, 0.6) is 17.2 Å². The average Bonchev–Trinajstić information content (AvgIpc) is 2.83. The van der Waals surface area contributed by atoms with Crippen LogP contribution in [0.4, 0.5) is 0 Å². The first-order chi connectivity index (χ1) is 17.5. The zero-order chi connectivity index (χ0) is 27.3.